The molecule has 2 amide bonds. The Bertz CT molecular complexity index is 790. The van der Waals surface area contributed by atoms with Crippen molar-refractivity contribution >= 4 is 11.8 Å². The first kappa shape index (κ1) is 19.8. The predicted octanol–water partition coefficient (Wildman–Crippen LogP) is 3.48. The zero-order valence-corrected chi connectivity index (χ0v) is 17.2. The van der Waals surface area contributed by atoms with Crippen LogP contribution in [0.3, 0.4) is 0 Å². The summed E-state index contributed by atoms with van der Waals surface area (Å²) in [5, 5.41) is 0. The summed E-state index contributed by atoms with van der Waals surface area (Å²) in [6.07, 6.45) is 12.3. The number of piperazine rings is 1. The summed E-state index contributed by atoms with van der Waals surface area (Å²) >= 11 is 0. The second kappa shape index (κ2) is 8.10. The lowest BCUT2D eigenvalue weighted by atomic mass is 9.84. The molecular weight excluding hydrogens is 364 g/mol. The molecule has 0 aromatic heterocycles. The summed E-state index contributed by atoms with van der Waals surface area (Å²) in [6.45, 7) is 3.92. The third-order valence-corrected chi connectivity index (χ3v) is 6.72. The van der Waals surface area contributed by atoms with Crippen molar-refractivity contribution in [3.63, 3.8) is 0 Å². The minimum absolute atomic E-state index is 0.0311. The zero-order chi connectivity index (χ0) is 20.4. The molecular formula is C24H30N2O3. The van der Waals surface area contributed by atoms with E-state index in [4.69, 9.17) is 11.2 Å². The molecule has 1 aromatic rings. The number of amides is 2. The molecule has 1 aromatic carbocycles. The van der Waals surface area contributed by atoms with Crippen LogP contribution >= 0.6 is 0 Å². The van der Waals surface area contributed by atoms with Crippen molar-refractivity contribution in [1.82, 2.24) is 9.80 Å². The Morgan fingerprint density at radius 3 is 2.31 bits per heavy atom. The van der Waals surface area contributed by atoms with Crippen molar-refractivity contribution in [3.05, 3.63) is 29.8 Å². The van der Waals surface area contributed by atoms with Crippen LogP contribution in [0.2, 0.25) is 0 Å². The molecule has 2 bridgehead atoms. The topological polar surface area (TPSA) is 49.9 Å². The van der Waals surface area contributed by atoms with Crippen molar-refractivity contribution in [2.24, 2.45) is 5.41 Å². The minimum Gasteiger partial charge on any atom is -0.494 e. The van der Waals surface area contributed by atoms with E-state index in [-0.39, 0.29) is 23.9 Å². The largest absolute Gasteiger partial charge is 0.494 e. The van der Waals surface area contributed by atoms with Crippen molar-refractivity contribution in [2.75, 3.05) is 19.7 Å². The molecule has 1 saturated carbocycles. The fourth-order valence-corrected chi connectivity index (χ4v) is 5.14. The minimum atomic E-state index is -0.610. The molecule has 5 heteroatoms. The first-order valence-electron chi connectivity index (χ1n) is 10.9. The Hall–Kier alpha value is -2.48. The molecule has 0 radical (unpaired) electrons. The molecule has 0 spiro atoms. The number of ether oxygens (including phenoxy) is 1. The second-order valence-electron chi connectivity index (χ2n) is 8.61. The van der Waals surface area contributed by atoms with Gasteiger partial charge < -0.3 is 14.5 Å². The Morgan fingerprint density at radius 1 is 1.14 bits per heavy atom. The quantitative estimate of drug-likeness (QED) is 0.719. The number of benzene rings is 1. The summed E-state index contributed by atoms with van der Waals surface area (Å²) in [5.74, 6) is 3.79. The van der Waals surface area contributed by atoms with Crippen LogP contribution < -0.4 is 4.74 Å². The van der Waals surface area contributed by atoms with Crippen molar-refractivity contribution in [1.29, 1.82) is 0 Å². The fraction of sp³-hybridized carbons (Fsp3) is 0.583. The Morgan fingerprint density at radius 2 is 1.76 bits per heavy atom. The maximum absolute atomic E-state index is 13.4. The summed E-state index contributed by atoms with van der Waals surface area (Å²) in [4.78, 5) is 30.3. The van der Waals surface area contributed by atoms with Crippen LogP contribution in [0.1, 0.15) is 62.2 Å². The first-order chi connectivity index (χ1) is 14.1. The van der Waals surface area contributed by atoms with Gasteiger partial charge in [0.25, 0.3) is 5.91 Å². The van der Waals surface area contributed by atoms with Crippen LogP contribution in [-0.4, -0.2) is 53.4 Å². The first-order valence-corrected chi connectivity index (χ1v) is 10.9. The van der Waals surface area contributed by atoms with E-state index in [2.05, 4.69) is 12.8 Å². The van der Waals surface area contributed by atoms with Crippen LogP contribution in [-0.2, 0) is 4.79 Å². The summed E-state index contributed by atoms with van der Waals surface area (Å²) < 4.78 is 5.60. The average molecular weight is 395 g/mol. The number of fused-ring (bicyclic) bond motifs is 2. The number of terminal acetylenes is 1. The van der Waals surface area contributed by atoms with Crippen molar-refractivity contribution in [3.8, 4) is 18.1 Å². The Labute approximate surface area is 173 Å². The van der Waals surface area contributed by atoms with E-state index in [1.165, 1.54) is 0 Å². The highest BCUT2D eigenvalue weighted by atomic mass is 16.5. The number of carbonyl (C=O) groups excluding carboxylic acids is 2. The molecule has 2 atom stereocenters. The third-order valence-electron chi connectivity index (χ3n) is 6.72. The number of nitrogens with zero attached hydrogens (tertiary/aromatic N) is 2. The van der Waals surface area contributed by atoms with Crippen molar-refractivity contribution in [2.45, 2.75) is 64.0 Å². The van der Waals surface area contributed by atoms with Gasteiger partial charge in [0.2, 0.25) is 5.91 Å². The molecule has 4 rings (SSSR count). The number of rotatable bonds is 5. The molecule has 2 aliphatic heterocycles. The molecule has 5 nitrogen and oxygen atoms in total. The summed E-state index contributed by atoms with van der Waals surface area (Å²) in [6, 6.07) is 7.55. The maximum Gasteiger partial charge on any atom is 0.253 e. The van der Waals surface area contributed by atoms with Gasteiger partial charge in [-0.1, -0.05) is 25.7 Å². The van der Waals surface area contributed by atoms with E-state index in [0.717, 1.165) is 50.7 Å². The third kappa shape index (κ3) is 3.61. The average Bonchev–Trinajstić information content (AvgIpc) is 3.34. The standard InChI is InChI=1S/C24H30N2O3/c1-3-15-29-21-11-7-18(8-12-21)22(27)25-16-19-9-10-20(17-25)26(19)23(28)24(4-2)13-5-6-14-24/h2,7-8,11-12,19-20H,3,5-6,9-10,13-17H2,1H3. The number of carbonyl (C=O) groups is 2. The van der Waals surface area contributed by atoms with Crippen molar-refractivity contribution < 1.29 is 14.3 Å². The second-order valence-corrected chi connectivity index (χ2v) is 8.61. The van der Waals surface area contributed by atoms with Gasteiger partial charge in [-0.3, -0.25) is 9.59 Å². The highest BCUT2D eigenvalue weighted by Crippen LogP contribution is 2.43. The van der Waals surface area contributed by atoms with Crippen LogP contribution in [0.25, 0.3) is 0 Å². The van der Waals surface area contributed by atoms with Gasteiger partial charge in [0.05, 0.1) is 6.61 Å². The van der Waals surface area contributed by atoms with Crippen LogP contribution in [0, 0.1) is 17.8 Å². The van der Waals surface area contributed by atoms with Crippen LogP contribution in [0.4, 0.5) is 0 Å². The highest BCUT2D eigenvalue weighted by molar-refractivity contribution is 5.95. The van der Waals surface area contributed by atoms with E-state index in [0.29, 0.717) is 25.3 Å². The van der Waals surface area contributed by atoms with Gasteiger partial charge in [-0.15, -0.1) is 6.42 Å². The molecule has 2 heterocycles. The molecule has 3 fully saturated rings. The lowest BCUT2D eigenvalue weighted by Crippen LogP contribution is -2.59. The van der Waals surface area contributed by atoms with E-state index in [9.17, 15) is 9.59 Å². The van der Waals surface area contributed by atoms with Gasteiger partial charge in [0.1, 0.15) is 11.2 Å². The van der Waals surface area contributed by atoms with E-state index in [1.807, 2.05) is 34.1 Å². The zero-order valence-electron chi connectivity index (χ0n) is 17.2. The molecule has 2 saturated heterocycles. The molecule has 3 aliphatic rings. The normalized spacial score (nSPS) is 25.0. The van der Waals surface area contributed by atoms with Gasteiger partial charge in [-0.25, -0.2) is 0 Å². The fourth-order valence-electron chi connectivity index (χ4n) is 5.14. The summed E-state index contributed by atoms with van der Waals surface area (Å²) in [7, 11) is 0. The van der Waals surface area contributed by atoms with Gasteiger partial charge in [-0.05, 0) is 56.4 Å². The molecule has 1 aliphatic carbocycles. The number of hydrogen-bond acceptors (Lipinski definition) is 3. The van der Waals surface area contributed by atoms with Gasteiger partial charge in [0.15, 0.2) is 0 Å². The number of hydrogen-bond donors (Lipinski definition) is 0. The molecule has 2 unspecified atom stereocenters. The van der Waals surface area contributed by atoms with Crippen LogP contribution in [0.15, 0.2) is 24.3 Å². The van der Waals surface area contributed by atoms with E-state index >= 15 is 0 Å². The van der Waals surface area contributed by atoms with Gasteiger partial charge in [-0.2, -0.15) is 0 Å². The Balaban J connectivity index is 1.44. The highest BCUT2D eigenvalue weighted by Gasteiger charge is 2.50. The molecule has 29 heavy (non-hydrogen) atoms. The summed E-state index contributed by atoms with van der Waals surface area (Å²) in [5.41, 5.74) is 0.0605. The number of likely N-dealkylation sites (tertiary alicyclic amines) is 1. The van der Waals surface area contributed by atoms with Gasteiger partial charge in [0, 0.05) is 30.7 Å². The Kier molecular flexibility index (Phi) is 5.54. The lowest BCUT2D eigenvalue weighted by Gasteiger charge is -2.43. The van der Waals surface area contributed by atoms with E-state index in [1.54, 1.807) is 0 Å². The van der Waals surface area contributed by atoms with E-state index < -0.39 is 5.41 Å². The SMILES string of the molecule is C#CC1(C(=O)N2C3CCC2CN(C(=O)c2ccc(OCCC)cc2)C3)CCCC1. The lowest BCUT2D eigenvalue weighted by molar-refractivity contribution is -0.144. The molecule has 154 valence electrons. The molecule has 0 N–H and O–H groups in total. The monoisotopic (exact) mass is 394 g/mol. The van der Waals surface area contributed by atoms with Crippen LogP contribution in [0.5, 0.6) is 5.75 Å². The predicted molar refractivity (Wildman–Crippen MR) is 112 cm³/mol. The smallest absolute Gasteiger partial charge is 0.253 e. The maximum atomic E-state index is 13.4. The van der Waals surface area contributed by atoms with Gasteiger partial charge >= 0.3 is 0 Å².